The minimum absolute atomic E-state index is 1.10. The van der Waals surface area contributed by atoms with Gasteiger partial charge in [0.25, 0.3) is 0 Å². The Bertz CT molecular complexity index is 6280. The molecule has 0 aliphatic heterocycles. The van der Waals surface area contributed by atoms with Crippen LogP contribution in [0.3, 0.4) is 0 Å². The fraction of sp³-hybridized carbons (Fsp3) is 0. The highest BCUT2D eigenvalue weighted by atomic mass is 79.9. The Morgan fingerprint density at radius 3 is 0.953 bits per heavy atom. The van der Waals surface area contributed by atoms with Crippen LogP contribution in [0.5, 0.6) is 0 Å². The van der Waals surface area contributed by atoms with Gasteiger partial charge in [0.05, 0.1) is 82.8 Å². The summed E-state index contributed by atoms with van der Waals surface area (Å²) in [5.74, 6) is 0. The molecule has 0 saturated heterocycles. The van der Waals surface area contributed by atoms with E-state index in [4.69, 9.17) is 0 Å². The predicted molar refractivity (Wildman–Crippen MR) is 369 cm³/mol. The van der Waals surface area contributed by atoms with Crippen molar-refractivity contribution in [2.45, 2.75) is 0 Å². The molecule has 86 heavy (non-hydrogen) atoms. The van der Waals surface area contributed by atoms with Crippen molar-refractivity contribution >= 4 is 179 Å². The molecule has 0 aliphatic rings. The van der Waals surface area contributed by atoms with Gasteiger partial charge < -0.3 is 26.9 Å². The van der Waals surface area contributed by atoms with Gasteiger partial charge in [0, 0.05) is 90.6 Å². The van der Waals surface area contributed by atoms with E-state index in [2.05, 4.69) is 338 Å². The highest BCUT2D eigenvalue weighted by molar-refractivity contribution is 9.10. The van der Waals surface area contributed by atoms with Gasteiger partial charge in [-0.05, 0) is 103 Å². The monoisotopic (exact) mass is 1220 g/mol. The maximum atomic E-state index is 3.77. The van der Waals surface area contributed by atoms with Gasteiger partial charge in [0.1, 0.15) is 0 Å². The Kier molecular flexibility index (Phi) is 10.1. The van der Waals surface area contributed by atoms with Crippen molar-refractivity contribution in [1.29, 1.82) is 0 Å². The second-order valence-electron chi connectivity index (χ2n) is 22.6. The molecule has 0 unspecified atom stereocenters. The number of rotatable bonds is 3. The predicted octanol–water partition coefficient (Wildman–Crippen LogP) is 21.9. The molecule has 12 aromatic heterocycles. The number of para-hydroxylation sites is 5. The second kappa shape index (κ2) is 18.1. The molecule has 8 heteroatoms. The van der Waals surface area contributed by atoms with Crippen LogP contribution < -0.4 is 0 Å². The van der Waals surface area contributed by atoms with Gasteiger partial charge in [-0.1, -0.05) is 208 Å². The summed E-state index contributed by atoms with van der Waals surface area (Å²) in [4.78, 5) is 0. The van der Waals surface area contributed by atoms with Gasteiger partial charge in [0.2, 0.25) is 0 Å². The third-order valence-electron chi connectivity index (χ3n) is 18.2. The molecule has 21 rings (SSSR count). The Hall–Kier alpha value is -10.4. The number of hydrogen-bond acceptors (Lipinski definition) is 0. The number of hydrogen-bond donors (Lipinski definition) is 0. The maximum absolute atomic E-state index is 3.77. The molecular weight excluding hydrogens is 1180 g/mol. The minimum Gasteiger partial charge on any atom is -0.307 e. The summed E-state index contributed by atoms with van der Waals surface area (Å²) in [5.41, 5.74) is 22.6. The zero-order valence-corrected chi connectivity index (χ0v) is 49.2. The van der Waals surface area contributed by atoms with E-state index in [-0.39, 0.29) is 0 Å². The average Bonchev–Trinajstić information content (AvgIpc) is 1.59. The Morgan fingerprint density at radius 1 is 0.186 bits per heavy atom. The van der Waals surface area contributed by atoms with Crippen LogP contribution in [0, 0.1) is 0 Å². The van der Waals surface area contributed by atoms with Crippen LogP contribution in [0.2, 0.25) is 0 Å². The zero-order chi connectivity index (χ0) is 56.5. The van der Waals surface area contributed by atoms with Crippen LogP contribution in [0.15, 0.2) is 288 Å². The van der Waals surface area contributed by atoms with Crippen molar-refractivity contribution in [2.75, 3.05) is 0 Å². The van der Waals surface area contributed by atoms with Crippen molar-refractivity contribution in [3.63, 3.8) is 0 Å². The first-order valence-electron chi connectivity index (χ1n) is 29.2. The van der Waals surface area contributed by atoms with Crippen molar-refractivity contribution in [1.82, 2.24) is 26.9 Å². The topological polar surface area (TPSA) is 28.0 Å². The lowest BCUT2D eigenvalue weighted by Gasteiger charge is -2.07. The van der Waals surface area contributed by atoms with Crippen LogP contribution in [-0.2, 0) is 0 Å². The standard InChI is InChI=1S/2C26H15BrN2.C26H16N2/c27-16-14-22-18-10-4-5-11-19(18)25-26-24(23(15-16)29(22)25)20-12-6-7-13-21(20)28(26)17-8-2-1-3-9-17;27-16-13-14-22-20(15-16)24-23-12-6-11-21-18-9-4-5-10-19(18)25(29(21)23)26(24)28(22)17-7-2-1-3-8-17;1-2-9-17(10-3-1)27-22-14-7-6-13-20(22)24-23-16-8-15-21-18-11-4-5-12-19(18)25(26(24)27)28(21)23/h2*1-15H;1-16H. The lowest BCUT2D eigenvalue weighted by Crippen LogP contribution is -1.93. The SMILES string of the molecule is Brc1cc2c3ccccc3c3c4c(c5ccccc5n4-c4ccccc4)c(c1)n23.Brc1ccc2c(c1)c1c(c3c4ccccc4c4cccc1n43)n2-c1ccccc1.c1ccc(-n2c3ccccc3c3c2c2c4ccccc4c4cccc3n42)cc1. The van der Waals surface area contributed by atoms with Gasteiger partial charge in [-0.25, -0.2) is 0 Å². The van der Waals surface area contributed by atoms with Gasteiger partial charge in [-0.3, -0.25) is 0 Å². The third kappa shape index (κ3) is 6.44. The summed E-state index contributed by atoms with van der Waals surface area (Å²) in [6, 6.07) is 100. The highest BCUT2D eigenvalue weighted by Gasteiger charge is 2.28. The number of fused-ring (bicyclic) bond motifs is 24. The zero-order valence-electron chi connectivity index (χ0n) is 46.0. The molecule has 9 aromatic carbocycles. The first kappa shape index (κ1) is 48.0. The van der Waals surface area contributed by atoms with Crippen LogP contribution in [0.1, 0.15) is 0 Å². The smallest absolute Gasteiger partial charge is 0.0810 e. The fourth-order valence-electron chi connectivity index (χ4n) is 15.0. The van der Waals surface area contributed by atoms with E-state index < -0.39 is 0 Å². The van der Waals surface area contributed by atoms with Crippen LogP contribution in [-0.4, -0.2) is 26.9 Å². The Balaban J connectivity index is 0.0000000943. The molecule has 0 aliphatic carbocycles. The van der Waals surface area contributed by atoms with Gasteiger partial charge in [-0.15, -0.1) is 0 Å². The number of nitrogens with zero attached hydrogens (tertiary/aromatic N) is 6. The number of aromatic nitrogens is 6. The summed E-state index contributed by atoms with van der Waals surface area (Å²) in [6.45, 7) is 0. The van der Waals surface area contributed by atoms with Gasteiger partial charge >= 0.3 is 0 Å². The fourth-order valence-corrected chi connectivity index (χ4v) is 15.8. The third-order valence-corrected chi connectivity index (χ3v) is 19.2. The lowest BCUT2D eigenvalue weighted by atomic mass is 10.1. The molecule has 0 spiro atoms. The number of benzene rings is 9. The van der Waals surface area contributed by atoms with Gasteiger partial charge in [-0.2, -0.15) is 0 Å². The van der Waals surface area contributed by atoms with Gasteiger partial charge in [0.15, 0.2) is 0 Å². The van der Waals surface area contributed by atoms with E-state index in [0.717, 1.165) is 8.95 Å². The lowest BCUT2D eigenvalue weighted by molar-refractivity contribution is 1.18. The summed E-state index contributed by atoms with van der Waals surface area (Å²) >= 11 is 7.46. The Morgan fingerprint density at radius 2 is 0.500 bits per heavy atom. The molecule has 0 N–H and O–H groups in total. The minimum atomic E-state index is 1.10. The molecule has 21 aromatic rings. The summed E-state index contributed by atoms with van der Waals surface area (Å²) in [7, 11) is 0. The van der Waals surface area contributed by atoms with Crippen molar-refractivity contribution in [2.24, 2.45) is 0 Å². The molecule has 0 fully saturated rings. The molecule has 6 nitrogen and oxygen atoms in total. The first-order valence-corrected chi connectivity index (χ1v) is 30.7. The molecule has 402 valence electrons. The normalized spacial score (nSPS) is 12.3. The van der Waals surface area contributed by atoms with E-state index in [0.29, 0.717) is 0 Å². The highest BCUT2D eigenvalue weighted by Crippen LogP contribution is 2.48. The molecular formula is C78H46Br2N6. The van der Waals surface area contributed by atoms with Crippen LogP contribution in [0.25, 0.3) is 164 Å². The van der Waals surface area contributed by atoms with Crippen LogP contribution in [0.4, 0.5) is 0 Å². The summed E-state index contributed by atoms with van der Waals surface area (Å²) in [6.07, 6.45) is 0. The number of pyridine rings is 3. The van der Waals surface area contributed by atoms with E-state index in [1.807, 2.05) is 0 Å². The van der Waals surface area contributed by atoms with Crippen LogP contribution >= 0.6 is 31.9 Å². The van der Waals surface area contributed by atoms with E-state index in [9.17, 15) is 0 Å². The molecule has 12 heterocycles. The number of halogens is 2. The van der Waals surface area contributed by atoms with E-state index >= 15 is 0 Å². The average molecular weight is 1230 g/mol. The molecule has 0 saturated carbocycles. The quantitative estimate of drug-likeness (QED) is 0.169. The second-order valence-corrected chi connectivity index (χ2v) is 24.4. The molecule has 0 radical (unpaired) electrons. The maximum Gasteiger partial charge on any atom is 0.0810 e. The van der Waals surface area contributed by atoms with Crippen molar-refractivity contribution in [3.05, 3.63) is 288 Å². The van der Waals surface area contributed by atoms with E-state index in [1.54, 1.807) is 0 Å². The molecule has 0 atom stereocenters. The summed E-state index contributed by atoms with van der Waals surface area (Å²) < 4.78 is 16.8. The Labute approximate surface area is 507 Å². The largest absolute Gasteiger partial charge is 0.307 e. The molecule has 0 amide bonds. The first-order chi connectivity index (χ1) is 42.6. The van der Waals surface area contributed by atoms with Crippen molar-refractivity contribution in [3.8, 4) is 17.1 Å². The van der Waals surface area contributed by atoms with E-state index in [1.165, 1.54) is 164 Å². The summed E-state index contributed by atoms with van der Waals surface area (Å²) in [5, 5.41) is 15.7. The van der Waals surface area contributed by atoms with Crippen molar-refractivity contribution < 1.29 is 0 Å². The molecule has 0 bridgehead atoms.